The summed E-state index contributed by atoms with van der Waals surface area (Å²) in [6.07, 6.45) is 3.31. The summed E-state index contributed by atoms with van der Waals surface area (Å²) in [5, 5.41) is 9.35. The van der Waals surface area contributed by atoms with E-state index in [4.69, 9.17) is 0 Å². The average molecular weight is 304 g/mol. The lowest BCUT2D eigenvalue weighted by Crippen LogP contribution is -2.42. The van der Waals surface area contributed by atoms with Crippen LogP contribution in [-0.4, -0.2) is 23.4 Å². The van der Waals surface area contributed by atoms with Gasteiger partial charge in [-0.05, 0) is 43.9 Å². The van der Waals surface area contributed by atoms with E-state index in [0.717, 1.165) is 30.5 Å². The molecule has 1 unspecified atom stereocenters. The molecule has 1 heterocycles. The molecule has 1 aliphatic heterocycles. The molecule has 116 valence electrons. The predicted octanol–water partition coefficient (Wildman–Crippen LogP) is 4.24. The van der Waals surface area contributed by atoms with E-state index < -0.39 is 0 Å². The second-order valence-corrected chi connectivity index (χ2v) is 6.05. The maximum absolute atomic E-state index is 13.0. The number of nitrogens with zero attached hydrogens (tertiary/aromatic N) is 2. The van der Waals surface area contributed by atoms with Gasteiger partial charge in [-0.25, -0.2) is 0 Å². The molecule has 0 aliphatic carbocycles. The van der Waals surface area contributed by atoms with Gasteiger partial charge in [0.25, 0.3) is 5.91 Å². The van der Waals surface area contributed by atoms with Gasteiger partial charge in [0.15, 0.2) is 0 Å². The Kier molecular flexibility index (Phi) is 4.43. The Hall–Kier alpha value is -2.60. The molecule has 1 fully saturated rings. The van der Waals surface area contributed by atoms with E-state index in [9.17, 15) is 10.1 Å². The second-order valence-electron chi connectivity index (χ2n) is 6.05. The van der Waals surface area contributed by atoms with Gasteiger partial charge in [0.2, 0.25) is 0 Å². The van der Waals surface area contributed by atoms with Crippen LogP contribution in [0.3, 0.4) is 0 Å². The first-order chi connectivity index (χ1) is 11.2. The molecule has 2 aromatic rings. The first kappa shape index (κ1) is 15.3. The van der Waals surface area contributed by atoms with Crippen LogP contribution in [0.25, 0.3) is 11.1 Å². The standard InChI is InChI=1S/C20H20N2O/c1-15-8-6-7-13-22(15)20(23)19-12-5-4-11-18(19)17-10-3-2-9-16(17)14-21/h2-5,9-12,15H,6-8,13H2,1H3. The summed E-state index contributed by atoms with van der Waals surface area (Å²) in [7, 11) is 0. The molecule has 3 rings (SSSR count). The maximum atomic E-state index is 13.0. The normalized spacial score (nSPS) is 17.6. The topological polar surface area (TPSA) is 44.1 Å². The number of likely N-dealkylation sites (tertiary alicyclic amines) is 1. The van der Waals surface area contributed by atoms with Crippen LogP contribution in [0.15, 0.2) is 48.5 Å². The van der Waals surface area contributed by atoms with E-state index in [1.54, 1.807) is 6.07 Å². The minimum absolute atomic E-state index is 0.0699. The minimum atomic E-state index is 0.0699. The minimum Gasteiger partial charge on any atom is -0.336 e. The largest absolute Gasteiger partial charge is 0.336 e. The Morgan fingerprint density at radius 3 is 2.52 bits per heavy atom. The molecule has 0 spiro atoms. The van der Waals surface area contributed by atoms with Crippen molar-refractivity contribution in [2.75, 3.05) is 6.54 Å². The van der Waals surface area contributed by atoms with Gasteiger partial charge in [-0.2, -0.15) is 5.26 Å². The highest BCUT2D eigenvalue weighted by Gasteiger charge is 2.26. The van der Waals surface area contributed by atoms with Crippen molar-refractivity contribution in [2.45, 2.75) is 32.2 Å². The highest BCUT2D eigenvalue weighted by atomic mass is 16.2. The van der Waals surface area contributed by atoms with Crippen LogP contribution in [0.5, 0.6) is 0 Å². The van der Waals surface area contributed by atoms with E-state index in [1.807, 2.05) is 47.4 Å². The zero-order valence-corrected chi connectivity index (χ0v) is 13.3. The Balaban J connectivity index is 2.05. The monoisotopic (exact) mass is 304 g/mol. The summed E-state index contributed by atoms with van der Waals surface area (Å²) in [6, 6.07) is 17.5. The third-order valence-corrected chi connectivity index (χ3v) is 4.56. The van der Waals surface area contributed by atoms with Gasteiger partial charge >= 0.3 is 0 Å². The second kappa shape index (κ2) is 6.66. The van der Waals surface area contributed by atoms with Crippen molar-refractivity contribution in [1.82, 2.24) is 4.90 Å². The fourth-order valence-corrected chi connectivity index (χ4v) is 3.27. The molecule has 3 nitrogen and oxygen atoms in total. The predicted molar refractivity (Wildman–Crippen MR) is 90.9 cm³/mol. The molecule has 0 bridgehead atoms. The SMILES string of the molecule is CC1CCCCN1C(=O)c1ccccc1-c1ccccc1C#N. The van der Waals surface area contributed by atoms with Gasteiger partial charge in [-0.15, -0.1) is 0 Å². The molecule has 23 heavy (non-hydrogen) atoms. The molecular formula is C20H20N2O. The Morgan fingerprint density at radius 2 is 1.78 bits per heavy atom. The first-order valence-electron chi connectivity index (χ1n) is 8.12. The van der Waals surface area contributed by atoms with Gasteiger partial charge in [0.1, 0.15) is 0 Å². The molecule has 1 atom stereocenters. The van der Waals surface area contributed by atoms with Crippen molar-refractivity contribution in [2.24, 2.45) is 0 Å². The lowest BCUT2D eigenvalue weighted by Gasteiger charge is -2.34. The van der Waals surface area contributed by atoms with Crippen molar-refractivity contribution in [1.29, 1.82) is 5.26 Å². The molecular weight excluding hydrogens is 284 g/mol. The smallest absolute Gasteiger partial charge is 0.254 e. The highest BCUT2D eigenvalue weighted by Crippen LogP contribution is 2.29. The molecule has 2 aromatic carbocycles. The Morgan fingerprint density at radius 1 is 1.09 bits per heavy atom. The Labute approximate surface area is 137 Å². The van der Waals surface area contributed by atoms with E-state index in [0.29, 0.717) is 11.1 Å². The summed E-state index contributed by atoms with van der Waals surface area (Å²) >= 11 is 0. The van der Waals surface area contributed by atoms with Crippen molar-refractivity contribution >= 4 is 5.91 Å². The summed E-state index contributed by atoms with van der Waals surface area (Å²) < 4.78 is 0. The average Bonchev–Trinajstić information content (AvgIpc) is 2.61. The Bertz CT molecular complexity index is 760. The van der Waals surface area contributed by atoms with Crippen molar-refractivity contribution in [3.8, 4) is 17.2 Å². The zero-order valence-electron chi connectivity index (χ0n) is 13.3. The molecule has 1 saturated heterocycles. The summed E-state index contributed by atoms with van der Waals surface area (Å²) in [6.45, 7) is 2.93. The number of carbonyl (C=O) groups is 1. The lowest BCUT2D eigenvalue weighted by atomic mass is 9.94. The fourth-order valence-electron chi connectivity index (χ4n) is 3.27. The van der Waals surface area contributed by atoms with E-state index in [-0.39, 0.29) is 11.9 Å². The summed E-state index contributed by atoms with van der Waals surface area (Å²) in [5.74, 6) is 0.0699. The molecule has 0 aromatic heterocycles. The third-order valence-electron chi connectivity index (χ3n) is 4.56. The van der Waals surface area contributed by atoms with Crippen molar-refractivity contribution in [3.63, 3.8) is 0 Å². The van der Waals surface area contributed by atoms with E-state index >= 15 is 0 Å². The number of carbonyl (C=O) groups excluding carboxylic acids is 1. The van der Waals surface area contributed by atoms with E-state index in [2.05, 4.69) is 13.0 Å². The number of hydrogen-bond donors (Lipinski definition) is 0. The first-order valence-corrected chi connectivity index (χ1v) is 8.12. The summed E-state index contributed by atoms with van der Waals surface area (Å²) in [4.78, 5) is 15.0. The molecule has 0 radical (unpaired) electrons. The van der Waals surface area contributed by atoms with Crippen LogP contribution in [0.2, 0.25) is 0 Å². The lowest BCUT2D eigenvalue weighted by molar-refractivity contribution is 0.0636. The van der Waals surface area contributed by atoms with Crippen LogP contribution in [0.4, 0.5) is 0 Å². The van der Waals surface area contributed by atoms with Crippen LogP contribution in [-0.2, 0) is 0 Å². The molecule has 3 heteroatoms. The molecule has 1 aliphatic rings. The number of rotatable bonds is 2. The van der Waals surface area contributed by atoms with Crippen LogP contribution in [0, 0.1) is 11.3 Å². The van der Waals surface area contributed by atoms with Crippen LogP contribution >= 0.6 is 0 Å². The van der Waals surface area contributed by atoms with Gasteiger partial charge in [0.05, 0.1) is 11.6 Å². The number of hydrogen-bond acceptors (Lipinski definition) is 2. The third kappa shape index (κ3) is 2.98. The van der Waals surface area contributed by atoms with Gasteiger partial charge in [-0.3, -0.25) is 4.79 Å². The van der Waals surface area contributed by atoms with Crippen LogP contribution < -0.4 is 0 Å². The quantitative estimate of drug-likeness (QED) is 0.833. The maximum Gasteiger partial charge on any atom is 0.254 e. The number of nitriles is 1. The summed E-state index contributed by atoms with van der Waals surface area (Å²) in [5.41, 5.74) is 2.94. The number of amides is 1. The van der Waals surface area contributed by atoms with Crippen molar-refractivity contribution in [3.05, 3.63) is 59.7 Å². The fraction of sp³-hybridized carbons (Fsp3) is 0.300. The zero-order chi connectivity index (χ0) is 16.2. The van der Waals surface area contributed by atoms with Gasteiger partial charge in [-0.1, -0.05) is 36.4 Å². The van der Waals surface area contributed by atoms with Gasteiger partial charge < -0.3 is 4.90 Å². The van der Waals surface area contributed by atoms with Crippen molar-refractivity contribution < 1.29 is 4.79 Å². The van der Waals surface area contributed by atoms with Crippen LogP contribution in [0.1, 0.15) is 42.1 Å². The van der Waals surface area contributed by atoms with Gasteiger partial charge in [0, 0.05) is 23.7 Å². The molecule has 0 N–H and O–H groups in total. The highest BCUT2D eigenvalue weighted by molar-refractivity contribution is 6.01. The molecule has 0 saturated carbocycles. The number of benzene rings is 2. The number of piperidine rings is 1. The van der Waals surface area contributed by atoms with E-state index in [1.165, 1.54) is 6.42 Å². The molecule has 1 amide bonds.